The number of nitrogens with zero attached hydrogens (tertiary/aromatic N) is 1. The summed E-state index contributed by atoms with van der Waals surface area (Å²) >= 11 is 13.2. The molecule has 0 saturated heterocycles. The first-order valence-electron chi connectivity index (χ1n) is 7.82. The Morgan fingerprint density at radius 1 is 0.963 bits per heavy atom. The zero-order valence-corrected chi connectivity index (χ0v) is 17.6. The van der Waals surface area contributed by atoms with Gasteiger partial charge in [0.05, 0.1) is 9.92 Å². The van der Waals surface area contributed by atoms with Gasteiger partial charge in [-0.1, -0.05) is 40.9 Å². The van der Waals surface area contributed by atoms with Gasteiger partial charge in [-0.15, -0.1) is 11.3 Å². The predicted molar refractivity (Wildman–Crippen MR) is 112 cm³/mol. The first-order chi connectivity index (χ1) is 12.7. The Balaban J connectivity index is 2.13. The molecule has 0 radical (unpaired) electrons. The zero-order chi connectivity index (χ0) is 19.8. The number of hydrogen-bond donors (Lipinski definition) is 0. The Hall–Kier alpha value is -1.86. The summed E-state index contributed by atoms with van der Waals surface area (Å²) in [5.74, 6) is -0.411. The molecule has 0 saturated carbocycles. The molecule has 0 aliphatic heterocycles. The minimum absolute atomic E-state index is 0.0440. The molecule has 0 spiro atoms. The van der Waals surface area contributed by atoms with Crippen molar-refractivity contribution in [2.75, 3.05) is 11.2 Å². The highest BCUT2D eigenvalue weighted by molar-refractivity contribution is 7.91. The highest BCUT2D eigenvalue weighted by Gasteiger charge is 2.27. The molecule has 1 amide bonds. The van der Waals surface area contributed by atoms with Crippen LogP contribution in [-0.2, 0) is 9.84 Å². The van der Waals surface area contributed by atoms with Crippen LogP contribution in [0.25, 0.3) is 0 Å². The maximum atomic E-state index is 13.3. The lowest BCUT2D eigenvalue weighted by Gasteiger charge is -2.23. The van der Waals surface area contributed by atoms with E-state index in [1.807, 2.05) is 31.2 Å². The van der Waals surface area contributed by atoms with E-state index in [0.717, 1.165) is 23.2 Å². The van der Waals surface area contributed by atoms with Gasteiger partial charge in [0.2, 0.25) is 0 Å². The third-order valence-corrected chi connectivity index (χ3v) is 6.98. The van der Waals surface area contributed by atoms with E-state index in [9.17, 15) is 13.2 Å². The van der Waals surface area contributed by atoms with Crippen LogP contribution in [0.1, 0.15) is 15.2 Å². The number of hydrogen-bond acceptors (Lipinski definition) is 4. The number of sulfone groups is 1. The maximum Gasteiger partial charge on any atom is 0.274 e. The van der Waals surface area contributed by atoms with E-state index in [2.05, 4.69) is 0 Å². The summed E-state index contributed by atoms with van der Waals surface area (Å²) in [6.07, 6.45) is 1.06. The number of benzene rings is 2. The van der Waals surface area contributed by atoms with Crippen LogP contribution in [0.5, 0.6) is 0 Å². The van der Waals surface area contributed by atoms with E-state index in [4.69, 9.17) is 23.2 Å². The van der Waals surface area contributed by atoms with Gasteiger partial charge in [0.25, 0.3) is 5.91 Å². The van der Waals surface area contributed by atoms with Crippen molar-refractivity contribution >= 4 is 61.7 Å². The van der Waals surface area contributed by atoms with E-state index in [1.165, 1.54) is 10.3 Å². The number of anilines is 2. The summed E-state index contributed by atoms with van der Waals surface area (Å²) in [7, 11) is -3.52. The van der Waals surface area contributed by atoms with Crippen molar-refractivity contribution in [1.29, 1.82) is 0 Å². The van der Waals surface area contributed by atoms with E-state index in [1.54, 1.807) is 24.3 Å². The van der Waals surface area contributed by atoms with Gasteiger partial charge in [0.15, 0.2) is 9.84 Å². The van der Waals surface area contributed by atoms with Crippen LogP contribution in [0.15, 0.2) is 58.8 Å². The summed E-state index contributed by atoms with van der Waals surface area (Å²) < 4.78 is 23.7. The summed E-state index contributed by atoms with van der Waals surface area (Å²) in [6.45, 7) is 1.95. The molecule has 0 atom stereocenters. The largest absolute Gasteiger partial charge is 0.276 e. The second-order valence-corrected chi connectivity index (χ2v) is 9.65. The highest BCUT2D eigenvalue weighted by Crippen LogP contribution is 2.36. The molecule has 4 nitrogen and oxygen atoms in total. The molecule has 140 valence electrons. The second-order valence-electron chi connectivity index (χ2n) is 5.97. The molecule has 2 aromatic carbocycles. The molecule has 0 N–H and O–H groups in total. The standard InChI is InChI=1S/C19H15Cl2NO3S2/c1-12-3-7-14(8-4-12)22(15-9-5-13(20)6-10-15)19(23)18-17(21)16(11-26-18)27(2,24)25/h3-11H,1-2H3. The lowest BCUT2D eigenvalue weighted by molar-refractivity contribution is 0.100. The molecule has 0 aliphatic carbocycles. The van der Waals surface area contributed by atoms with Gasteiger partial charge in [0, 0.05) is 28.0 Å². The van der Waals surface area contributed by atoms with Crippen molar-refractivity contribution in [2.45, 2.75) is 11.8 Å². The smallest absolute Gasteiger partial charge is 0.274 e. The molecule has 8 heteroatoms. The van der Waals surface area contributed by atoms with E-state index >= 15 is 0 Å². The predicted octanol–water partition coefficient (Wildman–Crippen LogP) is 5.75. The number of carbonyl (C=O) groups is 1. The van der Waals surface area contributed by atoms with Gasteiger partial charge in [-0.05, 0) is 43.3 Å². The van der Waals surface area contributed by atoms with E-state index in [-0.39, 0.29) is 14.8 Å². The molecular weight excluding hydrogens is 425 g/mol. The first kappa shape index (κ1) is 19.9. The fraction of sp³-hybridized carbons (Fsp3) is 0.105. The summed E-state index contributed by atoms with van der Waals surface area (Å²) in [5.41, 5.74) is 2.28. The summed E-state index contributed by atoms with van der Waals surface area (Å²) in [4.78, 5) is 14.9. The van der Waals surface area contributed by atoms with Gasteiger partial charge in [0.1, 0.15) is 4.88 Å². The number of thiophene rings is 1. The van der Waals surface area contributed by atoms with Crippen molar-refractivity contribution in [3.8, 4) is 0 Å². The molecular formula is C19H15Cl2NO3S2. The molecule has 1 heterocycles. The highest BCUT2D eigenvalue weighted by atomic mass is 35.5. The van der Waals surface area contributed by atoms with Crippen molar-refractivity contribution in [2.24, 2.45) is 0 Å². The van der Waals surface area contributed by atoms with E-state index in [0.29, 0.717) is 16.4 Å². The van der Waals surface area contributed by atoms with Crippen LogP contribution < -0.4 is 4.90 Å². The lowest BCUT2D eigenvalue weighted by atomic mass is 10.2. The van der Waals surface area contributed by atoms with Gasteiger partial charge in [-0.25, -0.2) is 8.42 Å². The fourth-order valence-corrected chi connectivity index (χ4v) is 5.46. The third-order valence-electron chi connectivity index (χ3n) is 3.87. The van der Waals surface area contributed by atoms with Gasteiger partial charge >= 0.3 is 0 Å². The Kier molecular flexibility index (Phi) is 5.63. The van der Waals surface area contributed by atoms with Crippen LogP contribution in [0.4, 0.5) is 11.4 Å². The van der Waals surface area contributed by atoms with Crippen LogP contribution in [0, 0.1) is 6.92 Å². The molecule has 0 aliphatic rings. The number of halogens is 2. The normalized spacial score (nSPS) is 11.4. The summed E-state index contributed by atoms with van der Waals surface area (Å²) in [6, 6.07) is 14.2. The number of rotatable bonds is 4. The Morgan fingerprint density at radius 3 is 1.96 bits per heavy atom. The maximum absolute atomic E-state index is 13.3. The fourth-order valence-electron chi connectivity index (χ4n) is 2.49. The molecule has 3 aromatic rings. The minimum Gasteiger partial charge on any atom is -0.276 e. The van der Waals surface area contributed by atoms with Crippen molar-refractivity contribution in [3.63, 3.8) is 0 Å². The zero-order valence-electron chi connectivity index (χ0n) is 14.4. The Labute approximate surface area is 171 Å². The number of amides is 1. The lowest BCUT2D eigenvalue weighted by Crippen LogP contribution is -2.25. The van der Waals surface area contributed by atoms with Gasteiger partial charge in [-0.3, -0.25) is 9.69 Å². The molecule has 1 aromatic heterocycles. The average Bonchev–Trinajstić information content (AvgIpc) is 3.00. The van der Waals surface area contributed by atoms with Crippen LogP contribution in [0.2, 0.25) is 10.0 Å². The first-order valence-corrected chi connectivity index (χ1v) is 11.3. The monoisotopic (exact) mass is 439 g/mol. The number of aryl methyl sites for hydroxylation is 1. The third kappa shape index (κ3) is 4.19. The SMILES string of the molecule is Cc1ccc(N(C(=O)c2scc(S(C)(=O)=O)c2Cl)c2ccc(Cl)cc2)cc1. The van der Waals surface area contributed by atoms with Crippen LogP contribution in [0.3, 0.4) is 0 Å². The van der Waals surface area contributed by atoms with Crippen molar-refractivity contribution in [1.82, 2.24) is 0 Å². The average molecular weight is 440 g/mol. The van der Waals surface area contributed by atoms with Gasteiger partial charge < -0.3 is 0 Å². The van der Waals surface area contributed by atoms with Crippen LogP contribution in [-0.4, -0.2) is 20.6 Å². The Morgan fingerprint density at radius 2 is 1.48 bits per heavy atom. The molecule has 0 fully saturated rings. The van der Waals surface area contributed by atoms with Crippen LogP contribution >= 0.6 is 34.5 Å². The minimum atomic E-state index is -3.52. The van der Waals surface area contributed by atoms with Gasteiger partial charge in [-0.2, -0.15) is 0 Å². The van der Waals surface area contributed by atoms with Crippen molar-refractivity contribution in [3.05, 3.63) is 74.4 Å². The Bertz CT molecular complexity index is 1040. The van der Waals surface area contributed by atoms with E-state index < -0.39 is 15.7 Å². The summed E-state index contributed by atoms with van der Waals surface area (Å²) in [5, 5.41) is 1.88. The molecule has 0 bridgehead atoms. The molecule has 3 rings (SSSR count). The molecule has 0 unspecified atom stereocenters. The quantitative estimate of drug-likeness (QED) is 0.520. The number of carbonyl (C=O) groups excluding carboxylic acids is 1. The molecule has 27 heavy (non-hydrogen) atoms. The topological polar surface area (TPSA) is 54.5 Å². The second kappa shape index (κ2) is 7.64. The van der Waals surface area contributed by atoms with Crippen molar-refractivity contribution < 1.29 is 13.2 Å².